The number of rotatable bonds is 17. The molecule has 30 heavy (non-hydrogen) atoms. The molecule has 0 aliphatic carbocycles. The summed E-state index contributed by atoms with van der Waals surface area (Å²) in [6.45, 7) is -3.53. The number of aliphatic hydroxyl groups is 2. The predicted octanol–water partition coefficient (Wildman–Crippen LogP) is 1.41. The van der Waals surface area contributed by atoms with Gasteiger partial charge in [0, 0.05) is 26.2 Å². The molecule has 0 spiro atoms. The molecule has 0 radical (unpaired) electrons. The Bertz CT molecular complexity index is 423. The van der Waals surface area contributed by atoms with Crippen LogP contribution >= 0.6 is 0 Å². The second kappa shape index (κ2) is 13.6. The Hall–Kier alpha value is -0.800. The van der Waals surface area contributed by atoms with E-state index in [9.17, 15) is 45.3 Å². The summed E-state index contributed by atoms with van der Waals surface area (Å²) >= 11 is 0. The van der Waals surface area contributed by atoms with Crippen molar-refractivity contribution >= 4 is 0 Å². The Kier molecular flexibility index (Phi) is 13.2. The van der Waals surface area contributed by atoms with Crippen LogP contribution in [0.1, 0.15) is 0 Å². The quantitative estimate of drug-likeness (QED) is 0.318. The highest BCUT2D eigenvalue weighted by Gasteiger charge is 2.41. The molecule has 0 heterocycles. The molecule has 2 unspecified atom stereocenters. The van der Waals surface area contributed by atoms with Crippen molar-refractivity contribution in [2.45, 2.75) is 36.9 Å². The molecular weight excluding hydrogens is 436 g/mol. The van der Waals surface area contributed by atoms with E-state index in [2.05, 4.69) is 9.47 Å². The first kappa shape index (κ1) is 29.2. The van der Waals surface area contributed by atoms with Gasteiger partial charge in [-0.3, -0.25) is 0 Å². The lowest BCUT2D eigenvalue weighted by Crippen LogP contribution is -2.41. The largest absolute Gasteiger partial charge is 0.389 e. The SMILES string of the molecule is CN(CCN(C)CC(O)COCC(F)(F)C(F)F)CC(O)COCC(F)(F)C(F)F. The van der Waals surface area contributed by atoms with Gasteiger partial charge in [-0.15, -0.1) is 0 Å². The fourth-order valence-electron chi connectivity index (χ4n) is 2.14. The van der Waals surface area contributed by atoms with Crippen LogP contribution in [0.2, 0.25) is 0 Å². The van der Waals surface area contributed by atoms with E-state index in [1.807, 2.05) is 0 Å². The van der Waals surface area contributed by atoms with Gasteiger partial charge in [0.05, 0.1) is 25.4 Å². The first-order valence-electron chi connectivity index (χ1n) is 8.88. The van der Waals surface area contributed by atoms with Crippen LogP contribution in [0.3, 0.4) is 0 Å². The molecule has 0 aliphatic rings. The van der Waals surface area contributed by atoms with Crippen LogP contribution in [0.15, 0.2) is 0 Å². The molecule has 2 N–H and O–H groups in total. The van der Waals surface area contributed by atoms with E-state index < -0.39 is 63.3 Å². The van der Waals surface area contributed by atoms with E-state index in [-0.39, 0.29) is 13.1 Å². The van der Waals surface area contributed by atoms with E-state index in [1.165, 1.54) is 0 Å². The molecule has 0 aliphatic heterocycles. The Labute approximate surface area is 169 Å². The summed E-state index contributed by atoms with van der Waals surface area (Å²) in [6.07, 6.45) is -10.1. The third kappa shape index (κ3) is 12.8. The number of hydrogen-bond acceptors (Lipinski definition) is 6. The molecule has 0 amide bonds. The van der Waals surface area contributed by atoms with Gasteiger partial charge in [0.15, 0.2) is 0 Å². The fraction of sp³-hybridized carbons (Fsp3) is 1.00. The Balaban J connectivity index is 4.00. The molecule has 0 fully saturated rings. The first-order valence-corrected chi connectivity index (χ1v) is 8.88. The third-order valence-corrected chi connectivity index (χ3v) is 3.76. The molecule has 6 nitrogen and oxygen atoms in total. The summed E-state index contributed by atoms with van der Waals surface area (Å²) in [5.74, 6) is -8.59. The number of halogens is 8. The molecule has 182 valence electrons. The van der Waals surface area contributed by atoms with E-state index in [0.29, 0.717) is 13.1 Å². The predicted molar refractivity (Wildman–Crippen MR) is 90.5 cm³/mol. The minimum absolute atomic E-state index is 0.0114. The van der Waals surface area contributed by atoms with Gasteiger partial charge in [-0.25, -0.2) is 17.6 Å². The zero-order valence-corrected chi connectivity index (χ0v) is 16.6. The molecule has 14 heteroatoms. The van der Waals surface area contributed by atoms with Gasteiger partial charge in [0.25, 0.3) is 0 Å². The van der Waals surface area contributed by atoms with Gasteiger partial charge < -0.3 is 29.5 Å². The van der Waals surface area contributed by atoms with Gasteiger partial charge >= 0.3 is 24.7 Å². The standard InChI is InChI=1S/C16H28F8N2O4/c1-25(5-11(27)7-29-9-15(21,22)13(17)18)3-4-26(2)6-12(28)8-30-10-16(23,24)14(19)20/h11-14,27-28H,3-10H2,1-2H3. The Morgan fingerprint density at radius 3 is 1.27 bits per heavy atom. The fourth-order valence-corrected chi connectivity index (χ4v) is 2.14. The van der Waals surface area contributed by atoms with E-state index in [1.54, 1.807) is 23.9 Å². The maximum atomic E-state index is 12.7. The lowest BCUT2D eigenvalue weighted by molar-refractivity contribution is -0.171. The monoisotopic (exact) mass is 464 g/mol. The normalized spacial score (nSPS) is 15.6. The topological polar surface area (TPSA) is 65.4 Å². The van der Waals surface area contributed by atoms with Crippen molar-refractivity contribution in [1.29, 1.82) is 0 Å². The van der Waals surface area contributed by atoms with Gasteiger partial charge in [-0.1, -0.05) is 0 Å². The zero-order valence-electron chi connectivity index (χ0n) is 16.6. The maximum Gasteiger partial charge on any atom is 0.330 e. The van der Waals surface area contributed by atoms with Crippen LogP contribution in [-0.4, -0.2) is 124 Å². The second-order valence-electron chi connectivity index (χ2n) is 6.99. The number of alkyl halides is 8. The molecule has 0 aromatic rings. The highest BCUT2D eigenvalue weighted by Crippen LogP contribution is 2.23. The van der Waals surface area contributed by atoms with Crippen molar-refractivity contribution in [3.63, 3.8) is 0 Å². The lowest BCUT2D eigenvalue weighted by Gasteiger charge is -2.25. The van der Waals surface area contributed by atoms with Crippen LogP contribution in [0.5, 0.6) is 0 Å². The number of aliphatic hydroxyl groups excluding tert-OH is 2. The van der Waals surface area contributed by atoms with E-state index in [0.717, 1.165) is 0 Å². The van der Waals surface area contributed by atoms with Crippen molar-refractivity contribution in [3.8, 4) is 0 Å². The smallest absolute Gasteiger partial charge is 0.330 e. The highest BCUT2D eigenvalue weighted by atomic mass is 19.3. The van der Waals surface area contributed by atoms with Crippen molar-refractivity contribution in [1.82, 2.24) is 9.80 Å². The second-order valence-corrected chi connectivity index (χ2v) is 6.99. The summed E-state index contributed by atoms with van der Waals surface area (Å²) in [5.41, 5.74) is 0. The average molecular weight is 464 g/mol. The van der Waals surface area contributed by atoms with Crippen molar-refractivity contribution in [2.24, 2.45) is 0 Å². The van der Waals surface area contributed by atoms with Crippen LogP contribution in [0.4, 0.5) is 35.1 Å². The molecule has 0 rings (SSSR count). The first-order chi connectivity index (χ1) is 13.7. The molecule has 2 atom stereocenters. The van der Waals surface area contributed by atoms with Gasteiger partial charge in [-0.2, -0.15) is 17.6 Å². The Morgan fingerprint density at radius 1 is 0.700 bits per heavy atom. The Morgan fingerprint density at radius 2 is 1.00 bits per heavy atom. The van der Waals surface area contributed by atoms with Crippen LogP contribution in [0.25, 0.3) is 0 Å². The van der Waals surface area contributed by atoms with Crippen molar-refractivity contribution in [3.05, 3.63) is 0 Å². The lowest BCUT2D eigenvalue weighted by atomic mass is 10.3. The maximum absolute atomic E-state index is 12.7. The summed E-state index contributed by atoms with van der Waals surface area (Å²) in [7, 11) is 3.16. The summed E-state index contributed by atoms with van der Waals surface area (Å²) < 4.78 is 107. The zero-order chi connectivity index (χ0) is 23.5. The molecule has 0 saturated carbocycles. The van der Waals surface area contributed by atoms with Crippen LogP contribution < -0.4 is 0 Å². The van der Waals surface area contributed by atoms with E-state index in [4.69, 9.17) is 0 Å². The molecular formula is C16H28F8N2O4. The summed E-state index contributed by atoms with van der Waals surface area (Å²) in [6, 6.07) is 0. The average Bonchev–Trinajstić information content (AvgIpc) is 2.59. The molecule has 0 aromatic heterocycles. The van der Waals surface area contributed by atoms with Gasteiger partial charge in [0.1, 0.15) is 13.2 Å². The minimum Gasteiger partial charge on any atom is -0.389 e. The van der Waals surface area contributed by atoms with Gasteiger partial charge in [-0.05, 0) is 14.1 Å². The highest BCUT2D eigenvalue weighted by molar-refractivity contribution is 4.71. The van der Waals surface area contributed by atoms with Crippen molar-refractivity contribution in [2.75, 3.05) is 66.7 Å². The number of likely N-dealkylation sites (N-methyl/N-ethyl adjacent to an activating group) is 2. The number of nitrogens with zero attached hydrogens (tertiary/aromatic N) is 2. The number of ether oxygens (including phenoxy) is 2. The summed E-state index contributed by atoms with van der Waals surface area (Å²) in [5, 5.41) is 19.4. The van der Waals surface area contributed by atoms with Crippen LogP contribution in [-0.2, 0) is 9.47 Å². The molecule has 0 saturated heterocycles. The molecule has 0 aromatic carbocycles. The number of hydrogen-bond donors (Lipinski definition) is 2. The van der Waals surface area contributed by atoms with Crippen molar-refractivity contribution < 1.29 is 54.8 Å². The van der Waals surface area contributed by atoms with E-state index >= 15 is 0 Å². The van der Waals surface area contributed by atoms with Gasteiger partial charge in [0.2, 0.25) is 0 Å². The van der Waals surface area contributed by atoms with Crippen LogP contribution in [0, 0.1) is 0 Å². The minimum atomic E-state index is -4.30. The third-order valence-electron chi connectivity index (χ3n) is 3.76. The molecule has 0 bridgehead atoms. The summed E-state index contributed by atoms with van der Waals surface area (Å²) in [4.78, 5) is 3.17.